The van der Waals surface area contributed by atoms with E-state index in [1.165, 1.54) is 24.2 Å². The normalized spacial score (nSPS) is 13.8. The van der Waals surface area contributed by atoms with Crippen molar-refractivity contribution < 1.29 is 18.4 Å². The molecule has 0 saturated carbocycles. The van der Waals surface area contributed by atoms with Crippen LogP contribution in [0.5, 0.6) is 0 Å². The molecule has 3 aromatic carbocycles. The second kappa shape index (κ2) is 9.18. The molecule has 2 amide bonds. The first-order valence-corrected chi connectivity index (χ1v) is 10.4. The van der Waals surface area contributed by atoms with Crippen molar-refractivity contribution in [3.05, 3.63) is 101 Å². The van der Waals surface area contributed by atoms with Gasteiger partial charge in [-0.05, 0) is 59.5 Å². The van der Waals surface area contributed by atoms with Gasteiger partial charge in [0, 0.05) is 31.4 Å². The van der Waals surface area contributed by atoms with E-state index in [4.69, 9.17) is 0 Å². The van der Waals surface area contributed by atoms with E-state index in [2.05, 4.69) is 27.7 Å². The predicted molar refractivity (Wildman–Crippen MR) is 118 cm³/mol. The lowest BCUT2D eigenvalue weighted by Gasteiger charge is -2.30. The molecule has 7 heteroatoms. The van der Waals surface area contributed by atoms with Crippen molar-refractivity contribution in [2.24, 2.45) is 0 Å². The Balaban J connectivity index is 1.49. The Hall–Kier alpha value is -3.74. The maximum Gasteiger partial charge on any atom is 0.252 e. The van der Waals surface area contributed by atoms with Gasteiger partial charge in [-0.15, -0.1) is 0 Å². The first-order valence-electron chi connectivity index (χ1n) is 10.4. The van der Waals surface area contributed by atoms with Crippen molar-refractivity contribution in [3.63, 3.8) is 0 Å². The van der Waals surface area contributed by atoms with Gasteiger partial charge in [0.15, 0.2) is 11.6 Å². The number of nitrogens with zero attached hydrogens (tertiary/aromatic N) is 1. The van der Waals surface area contributed by atoms with Gasteiger partial charge in [-0.25, -0.2) is 8.78 Å². The van der Waals surface area contributed by atoms with Crippen LogP contribution in [0.3, 0.4) is 0 Å². The summed E-state index contributed by atoms with van der Waals surface area (Å²) in [4.78, 5) is 27.3. The third kappa shape index (κ3) is 4.46. The Morgan fingerprint density at radius 1 is 0.938 bits per heavy atom. The summed E-state index contributed by atoms with van der Waals surface area (Å²) in [6.45, 7) is 1.69. The fraction of sp³-hybridized carbons (Fsp3) is 0.200. The molecule has 1 aliphatic rings. The molecule has 32 heavy (non-hydrogen) atoms. The van der Waals surface area contributed by atoms with Gasteiger partial charge in [0.05, 0.1) is 0 Å². The average molecular weight is 435 g/mol. The topological polar surface area (TPSA) is 61.4 Å². The van der Waals surface area contributed by atoms with Gasteiger partial charge >= 0.3 is 0 Å². The van der Waals surface area contributed by atoms with E-state index in [1.54, 1.807) is 12.1 Å². The summed E-state index contributed by atoms with van der Waals surface area (Å²) < 4.78 is 26.9. The number of nitrogens with one attached hydrogen (secondary N) is 2. The zero-order valence-electron chi connectivity index (χ0n) is 17.6. The third-order valence-electron chi connectivity index (χ3n) is 5.69. The van der Waals surface area contributed by atoms with Crippen LogP contribution in [0.25, 0.3) is 0 Å². The molecular formula is C25H23F2N3O2. The van der Waals surface area contributed by atoms with Crippen LogP contribution in [-0.2, 0) is 17.8 Å². The molecule has 2 N–H and O–H groups in total. The highest BCUT2D eigenvalue weighted by atomic mass is 19.2. The van der Waals surface area contributed by atoms with Crippen molar-refractivity contribution in [2.75, 3.05) is 18.5 Å². The Bertz CT molecular complexity index is 1150. The summed E-state index contributed by atoms with van der Waals surface area (Å²) in [6.07, 6.45) is 0.959. The number of fused-ring (bicyclic) bond motifs is 1. The molecule has 4 rings (SSSR count). The van der Waals surface area contributed by atoms with E-state index in [1.807, 2.05) is 24.3 Å². The summed E-state index contributed by atoms with van der Waals surface area (Å²) in [5.41, 5.74) is 4.17. The largest absolute Gasteiger partial charge is 0.367 e. The van der Waals surface area contributed by atoms with Gasteiger partial charge in [-0.1, -0.05) is 30.3 Å². The molecule has 1 unspecified atom stereocenters. The molecule has 0 spiro atoms. The van der Waals surface area contributed by atoms with E-state index < -0.39 is 29.5 Å². The molecule has 0 aliphatic carbocycles. The van der Waals surface area contributed by atoms with Crippen molar-refractivity contribution in [2.45, 2.75) is 19.0 Å². The van der Waals surface area contributed by atoms with Gasteiger partial charge in [0.2, 0.25) is 5.91 Å². The Kier molecular flexibility index (Phi) is 6.16. The van der Waals surface area contributed by atoms with Gasteiger partial charge < -0.3 is 15.5 Å². The molecule has 1 aliphatic heterocycles. The predicted octanol–water partition coefficient (Wildman–Crippen LogP) is 3.74. The van der Waals surface area contributed by atoms with Crippen LogP contribution in [0.1, 0.15) is 33.1 Å². The van der Waals surface area contributed by atoms with E-state index >= 15 is 0 Å². The average Bonchev–Trinajstić information content (AvgIpc) is 2.83. The van der Waals surface area contributed by atoms with Crippen LogP contribution in [0, 0.1) is 11.6 Å². The zero-order valence-corrected chi connectivity index (χ0v) is 17.6. The summed E-state index contributed by atoms with van der Waals surface area (Å²) in [7, 11) is 1.41. The Labute approximate surface area is 185 Å². The number of hydrogen-bond donors (Lipinski definition) is 2. The van der Waals surface area contributed by atoms with Gasteiger partial charge in [-0.3, -0.25) is 9.59 Å². The Morgan fingerprint density at radius 3 is 2.34 bits per heavy atom. The monoisotopic (exact) mass is 435 g/mol. The minimum Gasteiger partial charge on any atom is -0.367 e. The smallest absolute Gasteiger partial charge is 0.252 e. The molecule has 1 atom stereocenters. The van der Waals surface area contributed by atoms with Crippen molar-refractivity contribution >= 4 is 17.5 Å². The maximum atomic E-state index is 13.7. The lowest BCUT2D eigenvalue weighted by atomic mass is 9.99. The fourth-order valence-electron chi connectivity index (χ4n) is 3.89. The highest BCUT2D eigenvalue weighted by Gasteiger charge is 2.24. The van der Waals surface area contributed by atoms with E-state index in [0.29, 0.717) is 5.56 Å². The maximum absolute atomic E-state index is 13.7. The number of rotatable bonds is 5. The number of amides is 2. The molecule has 3 aromatic rings. The summed E-state index contributed by atoms with van der Waals surface area (Å²) >= 11 is 0. The number of anilines is 1. The molecule has 5 nitrogen and oxygen atoms in total. The highest BCUT2D eigenvalue weighted by Crippen LogP contribution is 2.25. The van der Waals surface area contributed by atoms with Gasteiger partial charge in [0.25, 0.3) is 5.91 Å². The van der Waals surface area contributed by atoms with Gasteiger partial charge in [-0.2, -0.15) is 0 Å². The van der Waals surface area contributed by atoms with Crippen LogP contribution in [-0.4, -0.2) is 25.4 Å². The van der Waals surface area contributed by atoms with Crippen molar-refractivity contribution in [3.8, 4) is 0 Å². The molecular weight excluding hydrogens is 412 g/mol. The van der Waals surface area contributed by atoms with Crippen LogP contribution >= 0.6 is 0 Å². The quantitative estimate of drug-likeness (QED) is 0.642. The molecule has 0 bridgehead atoms. The number of carbonyl (C=O) groups excluding carboxylic acids is 2. The van der Waals surface area contributed by atoms with Crippen LogP contribution < -0.4 is 15.5 Å². The number of carbonyl (C=O) groups is 2. The van der Waals surface area contributed by atoms with Gasteiger partial charge in [0.1, 0.15) is 6.04 Å². The Morgan fingerprint density at radius 2 is 1.66 bits per heavy atom. The third-order valence-corrected chi connectivity index (χ3v) is 5.69. The molecule has 1 heterocycles. The number of hydrogen-bond acceptors (Lipinski definition) is 3. The lowest BCUT2D eigenvalue weighted by Crippen LogP contribution is -2.39. The van der Waals surface area contributed by atoms with E-state index in [0.717, 1.165) is 37.3 Å². The van der Waals surface area contributed by atoms with Crippen molar-refractivity contribution in [1.82, 2.24) is 10.6 Å². The first-order chi connectivity index (χ1) is 15.5. The molecule has 0 fully saturated rings. The lowest BCUT2D eigenvalue weighted by molar-refractivity contribution is -0.122. The van der Waals surface area contributed by atoms with E-state index in [9.17, 15) is 18.4 Å². The van der Waals surface area contributed by atoms with Crippen molar-refractivity contribution in [1.29, 1.82) is 0 Å². The second-order valence-electron chi connectivity index (χ2n) is 7.68. The minimum absolute atomic E-state index is 0.153. The minimum atomic E-state index is -1.15. The summed E-state index contributed by atoms with van der Waals surface area (Å²) in [6, 6.07) is 17.4. The van der Waals surface area contributed by atoms with Crippen LogP contribution in [0.2, 0.25) is 0 Å². The number of likely N-dealkylation sites (N-methyl/N-ethyl adjacent to an activating group) is 1. The SMILES string of the molecule is CNC(=O)C(NC(=O)c1ccc(N2CCc3ccccc3C2)cc1)c1ccc(F)c(F)c1. The first kappa shape index (κ1) is 21.5. The standard InChI is InChI=1S/C25H23F2N3O2/c1-28-25(32)23(18-8-11-21(26)22(27)14-18)29-24(31)17-6-9-20(10-7-17)30-13-12-16-4-2-3-5-19(16)15-30/h2-11,14,23H,12-13,15H2,1H3,(H,28,32)(H,29,31). The molecule has 0 saturated heterocycles. The second-order valence-corrected chi connectivity index (χ2v) is 7.68. The molecule has 0 radical (unpaired) electrons. The zero-order chi connectivity index (χ0) is 22.7. The summed E-state index contributed by atoms with van der Waals surface area (Å²) in [5.74, 6) is -3.13. The fourth-order valence-corrected chi connectivity index (χ4v) is 3.89. The highest BCUT2D eigenvalue weighted by molar-refractivity contribution is 5.98. The van der Waals surface area contributed by atoms with Crippen LogP contribution in [0.4, 0.5) is 14.5 Å². The number of benzene rings is 3. The molecule has 164 valence electrons. The number of halogens is 2. The molecule has 0 aromatic heterocycles. The summed E-state index contributed by atoms with van der Waals surface area (Å²) in [5, 5.41) is 5.04. The van der Waals surface area contributed by atoms with E-state index in [-0.39, 0.29) is 5.56 Å². The van der Waals surface area contributed by atoms with Crippen LogP contribution in [0.15, 0.2) is 66.7 Å².